The van der Waals surface area contributed by atoms with E-state index in [1.807, 2.05) is 0 Å². The third kappa shape index (κ3) is 13.5. The summed E-state index contributed by atoms with van der Waals surface area (Å²) in [6.07, 6.45) is 17.2. The van der Waals surface area contributed by atoms with Crippen LogP contribution in [0.5, 0.6) is 0 Å². The molecule has 0 N–H and O–H groups in total. The summed E-state index contributed by atoms with van der Waals surface area (Å²) in [5.41, 5.74) is 0. The number of hydrogen-bond donors (Lipinski definition) is 0. The highest BCUT2D eigenvalue weighted by atomic mass is 28.4. The SMILES string of the molecule is CCCCCCCCCCCCC(=O)O[Si](CCC)(CCC)CCC. The van der Waals surface area contributed by atoms with Crippen molar-refractivity contribution in [1.82, 2.24) is 0 Å². The Morgan fingerprint density at radius 1 is 0.600 bits per heavy atom. The average molecular weight is 371 g/mol. The molecule has 0 saturated carbocycles. The predicted octanol–water partition coefficient (Wildman–Crippen LogP) is 8.02. The number of hydrogen-bond acceptors (Lipinski definition) is 2. The zero-order valence-electron chi connectivity index (χ0n) is 17.8. The fourth-order valence-electron chi connectivity index (χ4n) is 3.94. The van der Waals surface area contributed by atoms with E-state index in [0.717, 1.165) is 43.8 Å². The first-order chi connectivity index (χ1) is 12.1. The van der Waals surface area contributed by atoms with Crippen LogP contribution in [0.25, 0.3) is 0 Å². The Kier molecular flexibility index (Phi) is 16.9. The summed E-state index contributed by atoms with van der Waals surface area (Å²) in [6.45, 7) is 8.94. The van der Waals surface area contributed by atoms with Crippen molar-refractivity contribution in [2.24, 2.45) is 0 Å². The van der Waals surface area contributed by atoms with E-state index in [0.29, 0.717) is 6.42 Å². The van der Waals surface area contributed by atoms with Crippen molar-refractivity contribution in [1.29, 1.82) is 0 Å². The van der Waals surface area contributed by atoms with Gasteiger partial charge in [0.15, 0.2) is 0 Å². The van der Waals surface area contributed by atoms with Crippen molar-refractivity contribution in [2.45, 2.75) is 136 Å². The molecule has 150 valence electrons. The van der Waals surface area contributed by atoms with Gasteiger partial charge in [0.2, 0.25) is 0 Å². The molecule has 25 heavy (non-hydrogen) atoms. The van der Waals surface area contributed by atoms with Gasteiger partial charge in [-0.3, -0.25) is 4.79 Å². The van der Waals surface area contributed by atoms with E-state index >= 15 is 0 Å². The molecule has 0 aromatic heterocycles. The molecule has 0 atom stereocenters. The van der Waals surface area contributed by atoms with Gasteiger partial charge in [-0.15, -0.1) is 0 Å². The summed E-state index contributed by atoms with van der Waals surface area (Å²) >= 11 is 0. The van der Waals surface area contributed by atoms with Gasteiger partial charge in [-0.1, -0.05) is 105 Å². The number of carbonyl (C=O) groups excluding carboxylic acids is 1. The van der Waals surface area contributed by atoms with Crippen LogP contribution in [0.4, 0.5) is 0 Å². The standard InChI is InChI=1S/C22H46O2Si/c1-5-9-10-11-12-13-14-15-16-17-18-22(23)24-25(19-6-2,20-7-3)21-8-4/h5-21H2,1-4H3. The van der Waals surface area contributed by atoms with Gasteiger partial charge in [0.05, 0.1) is 0 Å². The Hall–Kier alpha value is -0.313. The third-order valence-electron chi connectivity index (χ3n) is 5.18. The fraction of sp³-hybridized carbons (Fsp3) is 0.955. The first-order valence-corrected chi connectivity index (χ1v) is 13.9. The summed E-state index contributed by atoms with van der Waals surface area (Å²) in [4.78, 5) is 12.3. The second kappa shape index (κ2) is 17.1. The highest BCUT2D eigenvalue weighted by Crippen LogP contribution is 2.28. The molecular weight excluding hydrogens is 324 g/mol. The maximum atomic E-state index is 12.3. The summed E-state index contributed by atoms with van der Waals surface area (Å²) in [5.74, 6) is 0.0987. The van der Waals surface area contributed by atoms with Gasteiger partial charge < -0.3 is 4.43 Å². The number of rotatable bonds is 18. The lowest BCUT2D eigenvalue weighted by Crippen LogP contribution is -2.40. The Labute approximate surface area is 159 Å². The van der Waals surface area contributed by atoms with Crippen LogP contribution >= 0.6 is 0 Å². The topological polar surface area (TPSA) is 26.3 Å². The second-order valence-corrected chi connectivity index (χ2v) is 11.9. The van der Waals surface area contributed by atoms with E-state index in [4.69, 9.17) is 4.43 Å². The Balaban J connectivity index is 3.85. The summed E-state index contributed by atoms with van der Waals surface area (Å²) in [6, 6.07) is 3.45. The highest BCUT2D eigenvalue weighted by Gasteiger charge is 2.35. The lowest BCUT2D eigenvalue weighted by atomic mass is 10.1. The van der Waals surface area contributed by atoms with Gasteiger partial charge >= 0.3 is 0 Å². The fourth-order valence-corrected chi connectivity index (χ4v) is 8.32. The molecule has 0 rings (SSSR count). The molecule has 0 aliphatic heterocycles. The summed E-state index contributed by atoms with van der Waals surface area (Å²) in [7, 11) is -1.81. The van der Waals surface area contributed by atoms with E-state index in [1.165, 1.54) is 57.8 Å². The minimum atomic E-state index is -1.81. The lowest BCUT2D eigenvalue weighted by molar-refractivity contribution is -0.135. The molecule has 0 aliphatic carbocycles. The van der Waals surface area contributed by atoms with Crippen LogP contribution in [-0.4, -0.2) is 14.3 Å². The smallest absolute Gasteiger partial charge is 0.292 e. The van der Waals surface area contributed by atoms with E-state index in [9.17, 15) is 4.79 Å². The Morgan fingerprint density at radius 3 is 1.40 bits per heavy atom. The van der Waals surface area contributed by atoms with Crippen molar-refractivity contribution in [2.75, 3.05) is 0 Å². The lowest BCUT2D eigenvalue weighted by Gasteiger charge is -2.30. The molecule has 2 nitrogen and oxygen atoms in total. The van der Waals surface area contributed by atoms with Crippen molar-refractivity contribution >= 4 is 14.3 Å². The largest absolute Gasteiger partial charge is 0.519 e. The first kappa shape index (κ1) is 24.7. The van der Waals surface area contributed by atoms with Gasteiger partial charge in [0, 0.05) is 6.42 Å². The van der Waals surface area contributed by atoms with Crippen LogP contribution < -0.4 is 0 Å². The normalized spacial score (nSPS) is 11.7. The Morgan fingerprint density at radius 2 is 1.00 bits per heavy atom. The van der Waals surface area contributed by atoms with Crippen LogP contribution in [0, 0.1) is 0 Å². The molecule has 0 heterocycles. The molecule has 0 saturated heterocycles. The highest BCUT2D eigenvalue weighted by molar-refractivity contribution is 6.75. The van der Waals surface area contributed by atoms with E-state index in [1.54, 1.807) is 0 Å². The van der Waals surface area contributed by atoms with Crippen LogP contribution in [0.2, 0.25) is 18.1 Å². The molecule has 0 bridgehead atoms. The summed E-state index contributed by atoms with van der Waals surface area (Å²) < 4.78 is 6.14. The van der Waals surface area contributed by atoms with E-state index < -0.39 is 8.32 Å². The van der Waals surface area contributed by atoms with Crippen molar-refractivity contribution in [3.63, 3.8) is 0 Å². The van der Waals surface area contributed by atoms with Gasteiger partial charge in [-0.2, -0.15) is 0 Å². The molecule has 3 heteroatoms. The molecule has 0 aromatic carbocycles. The second-order valence-electron chi connectivity index (χ2n) is 7.84. The van der Waals surface area contributed by atoms with Crippen LogP contribution in [-0.2, 0) is 9.22 Å². The van der Waals surface area contributed by atoms with Crippen LogP contribution in [0.1, 0.15) is 118 Å². The maximum absolute atomic E-state index is 12.3. The molecule has 0 aromatic rings. The molecule has 0 spiro atoms. The van der Waals surface area contributed by atoms with Gasteiger partial charge in [-0.05, 0) is 24.6 Å². The van der Waals surface area contributed by atoms with Gasteiger partial charge in [-0.25, -0.2) is 0 Å². The minimum Gasteiger partial charge on any atom is -0.519 e. The maximum Gasteiger partial charge on any atom is 0.292 e. The van der Waals surface area contributed by atoms with E-state index in [2.05, 4.69) is 27.7 Å². The van der Waals surface area contributed by atoms with Crippen LogP contribution in [0.15, 0.2) is 0 Å². The van der Waals surface area contributed by atoms with Crippen molar-refractivity contribution < 1.29 is 9.22 Å². The van der Waals surface area contributed by atoms with Crippen molar-refractivity contribution in [3.05, 3.63) is 0 Å². The monoisotopic (exact) mass is 370 g/mol. The Bertz CT molecular complexity index is 287. The van der Waals surface area contributed by atoms with Gasteiger partial charge in [0.25, 0.3) is 14.3 Å². The molecule has 0 aliphatic rings. The quantitative estimate of drug-likeness (QED) is 0.180. The molecular formula is C22H46O2Si. The zero-order chi connectivity index (χ0) is 18.8. The van der Waals surface area contributed by atoms with Crippen molar-refractivity contribution in [3.8, 4) is 0 Å². The first-order valence-electron chi connectivity index (χ1n) is 11.4. The predicted molar refractivity (Wildman–Crippen MR) is 114 cm³/mol. The molecule has 0 fully saturated rings. The van der Waals surface area contributed by atoms with Crippen LogP contribution in [0.3, 0.4) is 0 Å². The average Bonchev–Trinajstić information content (AvgIpc) is 2.57. The number of carbonyl (C=O) groups is 1. The zero-order valence-corrected chi connectivity index (χ0v) is 18.8. The minimum absolute atomic E-state index is 0.0987. The van der Waals surface area contributed by atoms with Gasteiger partial charge in [0.1, 0.15) is 0 Å². The molecule has 0 radical (unpaired) electrons. The third-order valence-corrected chi connectivity index (χ3v) is 10.1. The summed E-state index contributed by atoms with van der Waals surface area (Å²) in [5, 5.41) is 0. The van der Waals surface area contributed by atoms with E-state index in [-0.39, 0.29) is 5.97 Å². The molecule has 0 unspecified atom stereocenters. The number of unbranched alkanes of at least 4 members (excludes halogenated alkanes) is 9. The molecule has 0 amide bonds.